The number of rotatable bonds is 2. The smallest absolute Gasteiger partial charge is 0.00979 e. The third-order valence-electron chi connectivity index (χ3n) is 4.31. The van der Waals surface area contributed by atoms with Crippen LogP contribution in [0.15, 0.2) is 0 Å². The average Bonchev–Trinajstić information content (AvgIpc) is 2.29. The van der Waals surface area contributed by atoms with Crippen LogP contribution in [0.5, 0.6) is 0 Å². The van der Waals surface area contributed by atoms with Crippen LogP contribution >= 0.6 is 0 Å². The molecule has 0 bridgehead atoms. The third-order valence-corrected chi connectivity index (χ3v) is 4.31. The van der Waals surface area contributed by atoms with Crippen molar-refractivity contribution in [3.8, 4) is 0 Å². The normalized spacial score (nSPS) is 39.2. The summed E-state index contributed by atoms with van der Waals surface area (Å²) in [5.41, 5.74) is 5.80. The molecule has 1 saturated heterocycles. The van der Waals surface area contributed by atoms with Gasteiger partial charge in [0.05, 0.1) is 0 Å². The first kappa shape index (κ1) is 11.4. The first-order chi connectivity index (χ1) is 7.29. The molecule has 1 aliphatic heterocycles. The van der Waals surface area contributed by atoms with Crippen molar-refractivity contribution >= 4 is 0 Å². The molecular formula is C13H26N2. The van der Waals surface area contributed by atoms with Crippen molar-refractivity contribution in [1.82, 2.24) is 4.90 Å². The quantitative estimate of drug-likeness (QED) is 0.757. The summed E-state index contributed by atoms with van der Waals surface area (Å²) in [6.45, 7) is 5.90. The predicted molar refractivity (Wildman–Crippen MR) is 64.8 cm³/mol. The zero-order valence-electron chi connectivity index (χ0n) is 10.1. The number of nitrogens with zero attached hydrogens (tertiary/aromatic N) is 1. The molecule has 15 heavy (non-hydrogen) atoms. The van der Waals surface area contributed by atoms with Gasteiger partial charge in [-0.3, -0.25) is 0 Å². The maximum atomic E-state index is 5.80. The van der Waals surface area contributed by atoms with E-state index in [0.717, 1.165) is 24.4 Å². The molecule has 1 aliphatic carbocycles. The molecule has 2 nitrogen and oxygen atoms in total. The van der Waals surface area contributed by atoms with Gasteiger partial charge in [0.15, 0.2) is 0 Å². The van der Waals surface area contributed by atoms with Crippen molar-refractivity contribution in [3.05, 3.63) is 0 Å². The van der Waals surface area contributed by atoms with Crippen LogP contribution in [0.1, 0.15) is 45.4 Å². The molecule has 0 aromatic carbocycles. The van der Waals surface area contributed by atoms with Crippen LogP contribution in [-0.2, 0) is 0 Å². The van der Waals surface area contributed by atoms with Gasteiger partial charge in [-0.05, 0) is 50.6 Å². The molecule has 0 spiro atoms. The minimum Gasteiger partial charge on any atom is -0.330 e. The first-order valence-corrected chi connectivity index (χ1v) is 6.73. The molecule has 0 amide bonds. The summed E-state index contributed by atoms with van der Waals surface area (Å²) < 4.78 is 0. The predicted octanol–water partition coefficient (Wildman–Crippen LogP) is 2.24. The SMILES string of the molecule is CC1CCCC(N2CCCC(CN)C2)C1. The lowest BCUT2D eigenvalue weighted by molar-refractivity contribution is 0.0873. The zero-order chi connectivity index (χ0) is 10.7. The summed E-state index contributed by atoms with van der Waals surface area (Å²) in [5, 5.41) is 0. The Balaban J connectivity index is 1.86. The molecular weight excluding hydrogens is 184 g/mol. The van der Waals surface area contributed by atoms with Gasteiger partial charge in [-0.2, -0.15) is 0 Å². The number of nitrogens with two attached hydrogens (primary N) is 1. The van der Waals surface area contributed by atoms with Crippen LogP contribution in [0.2, 0.25) is 0 Å². The maximum absolute atomic E-state index is 5.80. The Kier molecular flexibility index (Phi) is 4.04. The minimum atomic E-state index is 0.774. The molecule has 0 radical (unpaired) electrons. The molecule has 3 atom stereocenters. The van der Waals surface area contributed by atoms with E-state index in [1.54, 1.807) is 0 Å². The van der Waals surface area contributed by atoms with E-state index in [-0.39, 0.29) is 0 Å². The average molecular weight is 210 g/mol. The maximum Gasteiger partial charge on any atom is 0.00979 e. The molecule has 88 valence electrons. The van der Waals surface area contributed by atoms with Crippen LogP contribution in [-0.4, -0.2) is 30.6 Å². The monoisotopic (exact) mass is 210 g/mol. The molecule has 2 aliphatic rings. The molecule has 2 heteroatoms. The molecule has 1 saturated carbocycles. The van der Waals surface area contributed by atoms with Gasteiger partial charge >= 0.3 is 0 Å². The van der Waals surface area contributed by atoms with E-state index < -0.39 is 0 Å². The van der Waals surface area contributed by atoms with Crippen LogP contribution in [0, 0.1) is 11.8 Å². The standard InChI is InChI=1S/C13H26N2/c1-11-4-2-6-13(8-11)15-7-3-5-12(9-14)10-15/h11-13H,2-10,14H2,1H3. The highest BCUT2D eigenvalue weighted by molar-refractivity contribution is 4.83. The molecule has 3 unspecified atom stereocenters. The van der Waals surface area contributed by atoms with Gasteiger partial charge in [0.2, 0.25) is 0 Å². The highest BCUT2D eigenvalue weighted by Crippen LogP contribution is 2.29. The minimum absolute atomic E-state index is 0.774. The van der Waals surface area contributed by atoms with Gasteiger partial charge in [-0.1, -0.05) is 19.8 Å². The first-order valence-electron chi connectivity index (χ1n) is 6.73. The highest BCUT2D eigenvalue weighted by atomic mass is 15.2. The van der Waals surface area contributed by atoms with E-state index >= 15 is 0 Å². The lowest BCUT2D eigenvalue weighted by Gasteiger charge is -2.41. The Morgan fingerprint density at radius 3 is 2.80 bits per heavy atom. The van der Waals surface area contributed by atoms with Crippen LogP contribution < -0.4 is 5.73 Å². The largest absolute Gasteiger partial charge is 0.330 e. The van der Waals surface area contributed by atoms with E-state index in [2.05, 4.69) is 11.8 Å². The molecule has 2 fully saturated rings. The summed E-state index contributed by atoms with van der Waals surface area (Å²) in [6.07, 6.45) is 8.47. The Hall–Kier alpha value is -0.0800. The second-order valence-corrected chi connectivity index (χ2v) is 5.66. The van der Waals surface area contributed by atoms with E-state index in [9.17, 15) is 0 Å². The molecule has 1 heterocycles. The second-order valence-electron chi connectivity index (χ2n) is 5.66. The van der Waals surface area contributed by atoms with Crippen molar-refractivity contribution in [2.24, 2.45) is 17.6 Å². The van der Waals surface area contributed by atoms with Crippen LogP contribution in [0.25, 0.3) is 0 Å². The number of piperidine rings is 1. The summed E-state index contributed by atoms with van der Waals surface area (Å²) >= 11 is 0. The molecule has 2 N–H and O–H groups in total. The van der Waals surface area contributed by atoms with Gasteiger partial charge in [-0.15, -0.1) is 0 Å². The summed E-state index contributed by atoms with van der Waals surface area (Å²) in [6, 6.07) is 0.878. The molecule has 0 aromatic heterocycles. The summed E-state index contributed by atoms with van der Waals surface area (Å²) in [5.74, 6) is 1.72. The lowest BCUT2D eigenvalue weighted by Crippen LogP contribution is -2.46. The van der Waals surface area contributed by atoms with Gasteiger partial charge in [0.25, 0.3) is 0 Å². The van der Waals surface area contributed by atoms with Crippen LogP contribution in [0.4, 0.5) is 0 Å². The third kappa shape index (κ3) is 2.94. The van der Waals surface area contributed by atoms with Crippen molar-refractivity contribution in [2.75, 3.05) is 19.6 Å². The Morgan fingerprint density at radius 2 is 2.07 bits per heavy atom. The van der Waals surface area contributed by atoms with E-state index in [1.165, 1.54) is 51.6 Å². The summed E-state index contributed by atoms with van der Waals surface area (Å²) in [7, 11) is 0. The number of likely N-dealkylation sites (tertiary alicyclic amines) is 1. The Morgan fingerprint density at radius 1 is 1.20 bits per heavy atom. The highest BCUT2D eigenvalue weighted by Gasteiger charge is 2.28. The Labute approximate surface area is 94.2 Å². The van der Waals surface area contributed by atoms with Crippen molar-refractivity contribution < 1.29 is 0 Å². The van der Waals surface area contributed by atoms with Gasteiger partial charge < -0.3 is 10.6 Å². The topological polar surface area (TPSA) is 29.3 Å². The molecule has 2 rings (SSSR count). The van der Waals surface area contributed by atoms with E-state index in [0.29, 0.717) is 0 Å². The van der Waals surface area contributed by atoms with Gasteiger partial charge in [0, 0.05) is 12.6 Å². The van der Waals surface area contributed by atoms with E-state index in [4.69, 9.17) is 5.73 Å². The van der Waals surface area contributed by atoms with Crippen LogP contribution in [0.3, 0.4) is 0 Å². The Bertz CT molecular complexity index is 193. The lowest BCUT2D eigenvalue weighted by atomic mass is 9.84. The molecule has 0 aromatic rings. The number of hydrogen-bond acceptors (Lipinski definition) is 2. The fraction of sp³-hybridized carbons (Fsp3) is 1.00. The van der Waals surface area contributed by atoms with Gasteiger partial charge in [0.1, 0.15) is 0 Å². The fourth-order valence-electron chi connectivity index (χ4n) is 3.36. The number of hydrogen-bond donors (Lipinski definition) is 1. The van der Waals surface area contributed by atoms with E-state index in [1.807, 2.05) is 0 Å². The van der Waals surface area contributed by atoms with Crippen molar-refractivity contribution in [3.63, 3.8) is 0 Å². The second kappa shape index (κ2) is 5.31. The van der Waals surface area contributed by atoms with Crippen molar-refractivity contribution in [2.45, 2.75) is 51.5 Å². The fourth-order valence-corrected chi connectivity index (χ4v) is 3.36. The van der Waals surface area contributed by atoms with Crippen molar-refractivity contribution in [1.29, 1.82) is 0 Å². The summed E-state index contributed by atoms with van der Waals surface area (Å²) in [4.78, 5) is 2.73. The van der Waals surface area contributed by atoms with Gasteiger partial charge in [-0.25, -0.2) is 0 Å². The zero-order valence-corrected chi connectivity index (χ0v) is 10.1.